The van der Waals surface area contributed by atoms with Gasteiger partial charge >= 0.3 is 5.69 Å². The van der Waals surface area contributed by atoms with Crippen molar-refractivity contribution in [3.8, 4) is 5.75 Å². The molecule has 0 aliphatic rings. The lowest BCUT2D eigenvalue weighted by atomic mass is 10.2. The van der Waals surface area contributed by atoms with Crippen LogP contribution in [-0.2, 0) is 0 Å². The smallest absolute Gasteiger partial charge is 0.306 e. The normalized spacial score (nSPS) is 10.1. The molecule has 0 fully saturated rings. The zero-order valence-electron chi connectivity index (χ0n) is 13.8. The van der Waals surface area contributed by atoms with Crippen molar-refractivity contribution in [2.45, 2.75) is 13.3 Å². The molecule has 2 N–H and O–H groups in total. The molecule has 1 amide bonds. The number of ether oxygens (including phenoxy) is 1. The van der Waals surface area contributed by atoms with Crippen molar-refractivity contribution in [2.75, 3.05) is 11.9 Å². The average molecular weight is 377 g/mol. The molecule has 0 aliphatic heterocycles. The third-order valence-corrected chi connectivity index (χ3v) is 3.42. The monoisotopic (exact) mass is 377 g/mol. The number of nitrogens with zero attached hydrogens (tertiary/aromatic N) is 1. The predicted octanol–water partition coefficient (Wildman–Crippen LogP) is 3.65. The van der Waals surface area contributed by atoms with Crippen LogP contribution in [0, 0.1) is 15.9 Å². The van der Waals surface area contributed by atoms with Gasteiger partial charge in [-0.3, -0.25) is 20.2 Å². The van der Waals surface area contributed by atoms with Crippen LogP contribution in [0.2, 0.25) is 0 Å². The fraction of sp³-hybridized carbons (Fsp3) is 0.176. The number of benzene rings is 2. The highest BCUT2D eigenvalue weighted by atomic mass is 32.1. The van der Waals surface area contributed by atoms with Gasteiger partial charge < -0.3 is 10.1 Å². The minimum absolute atomic E-state index is 0.0674. The van der Waals surface area contributed by atoms with Crippen LogP contribution in [0.15, 0.2) is 42.5 Å². The van der Waals surface area contributed by atoms with E-state index in [1.165, 1.54) is 6.07 Å². The number of carbonyl (C=O) groups is 1. The molecular weight excluding hydrogens is 361 g/mol. The molecule has 0 saturated carbocycles. The van der Waals surface area contributed by atoms with E-state index in [4.69, 9.17) is 17.0 Å². The number of thiocarbonyl (C=S) groups is 1. The Balaban J connectivity index is 1.98. The maximum absolute atomic E-state index is 13.3. The number of nitro benzene ring substituents is 1. The summed E-state index contributed by atoms with van der Waals surface area (Å²) in [5.74, 6) is -0.759. The number of amides is 1. The van der Waals surface area contributed by atoms with Gasteiger partial charge in [-0.05, 0) is 55.0 Å². The molecule has 26 heavy (non-hydrogen) atoms. The van der Waals surface area contributed by atoms with Gasteiger partial charge in [0.2, 0.25) is 5.82 Å². The Bertz CT molecular complexity index is 827. The average Bonchev–Trinajstić information content (AvgIpc) is 2.61. The van der Waals surface area contributed by atoms with E-state index < -0.39 is 22.3 Å². The lowest BCUT2D eigenvalue weighted by molar-refractivity contribution is -0.387. The Hall–Kier alpha value is -3.07. The quantitative estimate of drug-likeness (QED) is 0.453. The molecule has 0 spiro atoms. The summed E-state index contributed by atoms with van der Waals surface area (Å²) in [4.78, 5) is 22.1. The second-order valence-electron chi connectivity index (χ2n) is 5.20. The van der Waals surface area contributed by atoms with Crippen LogP contribution in [0.1, 0.15) is 23.7 Å². The Morgan fingerprint density at radius 3 is 2.58 bits per heavy atom. The van der Waals surface area contributed by atoms with E-state index in [0.29, 0.717) is 17.9 Å². The third-order valence-electron chi connectivity index (χ3n) is 3.22. The summed E-state index contributed by atoms with van der Waals surface area (Å²) in [6.07, 6.45) is 0.879. The topological polar surface area (TPSA) is 93.5 Å². The number of nitro groups is 1. The number of hydrogen-bond donors (Lipinski definition) is 2. The van der Waals surface area contributed by atoms with Crippen LogP contribution in [0.5, 0.6) is 5.75 Å². The van der Waals surface area contributed by atoms with E-state index in [2.05, 4.69) is 10.6 Å². The summed E-state index contributed by atoms with van der Waals surface area (Å²) in [7, 11) is 0. The summed E-state index contributed by atoms with van der Waals surface area (Å²) >= 11 is 5.01. The van der Waals surface area contributed by atoms with Gasteiger partial charge in [-0.1, -0.05) is 6.92 Å². The molecule has 0 atom stereocenters. The largest absolute Gasteiger partial charge is 0.494 e. The standard InChI is InChI=1S/C17H16FN3O4S/c1-2-9-25-13-6-3-11(4-7-13)16(22)20-17(26)19-12-5-8-14(18)15(10-12)21(23)24/h3-8,10H,2,9H2,1H3,(H2,19,20,22,26). The van der Waals surface area contributed by atoms with Crippen molar-refractivity contribution in [1.82, 2.24) is 5.32 Å². The van der Waals surface area contributed by atoms with Gasteiger partial charge in [-0.25, -0.2) is 0 Å². The Morgan fingerprint density at radius 2 is 1.96 bits per heavy atom. The first-order valence-corrected chi connectivity index (χ1v) is 8.10. The second kappa shape index (κ2) is 8.86. The van der Waals surface area contributed by atoms with E-state index in [1.54, 1.807) is 24.3 Å². The molecule has 9 heteroatoms. The highest BCUT2D eigenvalue weighted by molar-refractivity contribution is 7.80. The Morgan fingerprint density at radius 1 is 1.27 bits per heavy atom. The molecule has 7 nitrogen and oxygen atoms in total. The molecular formula is C17H16FN3O4S. The lowest BCUT2D eigenvalue weighted by Gasteiger charge is -2.10. The van der Waals surface area contributed by atoms with Crippen LogP contribution in [-0.4, -0.2) is 22.5 Å². The SMILES string of the molecule is CCCOc1ccc(C(=O)NC(=S)Nc2ccc(F)c([N+](=O)[O-])c2)cc1. The van der Waals surface area contributed by atoms with Crippen LogP contribution >= 0.6 is 12.2 Å². The first kappa shape index (κ1) is 19.3. The molecule has 0 unspecified atom stereocenters. The molecule has 0 aliphatic carbocycles. The molecule has 2 rings (SSSR count). The van der Waals surface area contributed by atoms with Crippen LogP contribution in [0.4, 0.5) is 15.8 Å². The minimum Gasteiger partial charge on any atom is -0.494 e. The van der Waals surface area contributed by atoms with Gasteiger partial charge in [0, 0.05) is 17.3 Å². The fourth-order valence-corrected chi connectivity index (χ4v) is 2.20. The zero-order valence-corrected chi connectivity index (χ0v) is 14.6. The van der Waals surface area contributed by atoms with Gasteiger partial charge in [0.05, 0.1) is 11.5 Å². The van der Waals surface area contributed by atoms with Gasteiger partial charge in [0.1, 0.15) is 5.75 Å². The summed E-state index contributed by atoms with van der Waals surface area (Å²) in [6.45, 7) is 2.58. The Kier molecular flexibility index (Phi) is 6.56. The third kappa shape index (κ3) is 5.21. The number of halogens is 1. The van der Waals surface area contributed by atoms with E-state index in [0.717, 1.165) is 18.6 Å². The minimum atomic E-state index is -0.958. The van der Waals surface area contributed by atoms with Crippen molar-refractivity contribution in [2.24, 2.45) is 0 Å². The van der Waals surface area contributed by atoms with Gasteiger partial charge in [-0.2, -0.15) is 4.39 Å². The number of hydrogen-bond acceptors (Lipinski definition) is 5. The zero-order chi connectivity index (χ0) is 19.1. The Labute approximate surface area is 154 Å². The number of nitrogens with one attached hydrogen (secondary N) is 2. The van der Waals surface area contributed by atoms with E-state index in [-0.39, 0.29) is 10.8 Å². The highest BCUT2D eigenvalue weighted by Crippen LogP contribution is 2.21. The molecule has 2 aromatic carbocycles. The summed E-state index contributed by atoms with van der Waals surface area (Å²) in [6, 6.07) is 9.74. The number of anilines is 1. The molecule has 2 aromatic rings. The van der Waals surface area contributed by atoms with E-state index >= 15 is 0 Å². The summed E-state index contributed by atoms with van der Waals surface area (Å²) in [5.41, 5.74) is -0.137. The molecule has 0 saturated heterocycles. The second-order valence-corrected chi connectivity index (χ2v) is 5.61. The van der Waals surface area contributed by atoms with Gasteiger partial charge in [0.15, 0.2) is 5.11 Å². The van der Waals surface area contributed by atoms with Gasteiger partial charge in [0.25, 0.3) is 5.91 Å². The predicted molar refractivity (Wildman–Crippen MR) is 99.0 cm³/mol. The molecule has 0 heterocycles. The molecule has 0 aromatic heterocycles. The molecule has 0 radical (unpaired) electrons. The van der Waals surface area contributed by atoms with Crippen molar-refractivity contribution in [3.05, 3.63) is 64.0 Å². The van der Waals surface area contributed by atoms with Crippen molar-refractivity contribution >= 4 is 34.6 Å². The van der Waals surface area contributed by atoms with Crippen molar-refractivity contribution < 1.29 is 18.8 Å². The van der Waals surface area contributed by atoms with Gasteiger partial charge in [-0.15, -0.1) is 0 Å². The fourth-order valence-electron chi connectivity index (χ4n) is 1.99. The first-order chi connectivity index (χ1) is 12.4. The lowest BCUT2D eigenvalue weighted by Crippen LogP contribution is -2.34. The van der Waals surface area contributed by atoms with Crippen LogP contribution in [0.25, 0.3) is 0 Å². The number of rotatable bonds is 6. The molecule has 0 bridgehead atoms. The molecule has 136 valence electrons. The van der Waals surface area contributed by atoms with Crippen LogP contribution < -0.4 is 15.4 Å². The van der Waals surface area contributed by atoms with Crippen molar-refractivity contribution in [3.63, 3.8) is 0 Å². The first-order valence-electron chi connectivity index (χ1n) is 7.70. The maximum atomic E-state index is 13.3. The van der Waals surface area contributed by atoms with Crippen LogP contribution in [0.3, 0.4) is 0 Å². The van der Waals surface area contributed by atoms with Crippen molar-refractivity contribution in [1.29, 1.82) is 0 Å². The highest BCUT2D eigenvalue weighted by Gasteiger charge is 2.15. The number of carbonyl (C=O) groups excluding carboxylic acids is 1. The summed E-state index contributed by atoms with van der Waals surface area (Å²) < 4.78 is 18.8. The summed E-state index contributed by atoms with van der Waals surface area (Å²) in [5, 5.41) is 15.7. The van der Waals surface area contributed by atoms with E-state index in [9.17, 15) is 19.3 Å². The maximum Gasteiger partial charge on any atom is 0.306 e. The van der Waals surface area contributed by atoms with E-state index in [1.807, 2.05) is 6.92 Å².